The van der Waals surface area contributed by atoms with Crippen molar-refractivity contribution in [1.29, 1.82) is 0 Å². The van der Waals surface area contributed by atoms with Crippen LogP contribution >= 0.6 is 0 Å². The number of rotatable bonds is 5. The molecule has 1 heterocycles. The number of hydrogen-bond donors (Lipinski definition) is 2. The van der Waals surface area contributed by atoms with Crippen LogP contribution in [-0.4, -0.2) is 63.5 Å². The number of nitrogens with zero attached hydrogens (tertiary/aromatic N) is 1. The maximum atomic E-state index is 11.9. The van der Waals surface area contributed by atoms with E-state index in [0.29, 0.717) is 5.92 Å². The predicted octanol–water partition coefficient (Wildman–Crippen LogP) is -0.795. The lowest BCUT2D eigenvalue weighted by molar-refractivity contribution is -0.123. The standard InChI is InChI=1S/C12H25N3O3S/c1-9-8-15(2)6-4-11(9)14-12(16)10(13)5-7-19(3,17)18/h9-11H,4-8,13H2,1-3H3,(H,14,16). The van der Waals surface area contributed by atoms with Gasteiger partial charge in [0.2, 0.25) is 5.91 Å². The predicted molar refractivity (Wildman–Crippen MR) is 75.5 cm³/mol. The average Bonchev–Trinajstić information content (AvgIpc) is 2.28. The van der Waals surface area contributed by atoms with Crippen LogP contribution in [0.3, 0.4) is 0 Å². The van der Waals surface area contributed by atoms with Gasteiger partial charge in [-0.2, -0.15) is 0 Å². The van der Waals surface area contributed by atoms with E-state index in [2.05, 4.69) is 24.2 Å². The van der Waals surface area contributed by atoms with Gasteiger partial charge in [-0.3, -0.25) is 4.79 Å². The number of carbonyl (C=O) groups is 1. The molecule has 3 N–H and O–H groups in total. The molecular formula is C12H25N3O3S. The second-order valence-corrected chi connectivity index (χ2v) is 7.93. The first-order valence-corrected chi connectivity index (χ1v) is 8.67. The third-order valence-electron chi connectivity index (χ3n) is 3.57. The molecular weight excluding hydrogens is 266 g/mol. The van der Waals surface area contributed by atoms with E-state index < -0.39 is 15.9 Å². The Balaban J connectivity index is 2.41. The van der Waals surface area contributed by atoms with E-state index >= 15 is 0 Å². The highest BCUT2D eigenvalue weighted by molar-refractivity contribution is 7.90. The van der Waals surface area contributed by atoms with Gasteiger partial charge in [0, 0.05) is 18.8 Å². The summed E-state index contributed by atoms with van der Waals surface area (Å²) >= 11 is 0. The second kappa shape index (κ2) is 6.67. The Morgan fingerprint density at radius 2 is 2.16 bits per heavy atom. The normalized spacial score (nSPS) is 26.9. The third-order valence-corrected chi connectivity index (χ3v) is 4.55. The molecule has 1 aliphatic rings. The van der Waals surface area contributed by atoms with Crippen LogP contribution in [0.5, 0.6) is 0 Å². The van der Waals surface area contributed by atoms with Crippen molar-refractivity contribution in [3.63, 3.8) is 0 Å². The summed E-state index contributed by atoms with van der Waals surface area (Å²) in [6, 6.07) is -0.616. The molecule has 6 nitrogen and oxygen atoms in total. The van der Waals surface area contributed by atoms with E-state index in [-0.39, 0.29) is 24.1 Å². The number of carbonyl (C=O) groups excluding carboxylic acids is 1. The maximum Gasteiger partial charge on any atom is 0.237 e. The quantitative estimate of drug-likeness (QED) is 0.692. The molecule has 0 aromatic carbocycles. The van der Waals surface area contributed by atoms with Gasteiger partial charge < -0.3 is 16.0 Å². The molecule has 0 aromatic rings. The van der Waals surface area contributed by atoms with Crippen molar-refractivity contribution in [2.45, 2.75) is 31.8 Å². The minimum Gasteiger partial charge on any atom is -0.352 e. The highest BCUT2D eigenvalue weighted by Gasteiger charge is 2.27. The summed E-state index contributed by atoms with van der Waals surface area (Å²) in [5, 5.41) is 2.94. The summed E-state index contributed by atoms with van der Waals surface area (Å²) < 4.78 is 22.1. The Labute approximate surface area is 115 Å². The van der Waals surface area contributed by atoms with Crippen LogP contribution in [0, 0.1) is 5.92 Å². The summed E-state index contributed by atoms with van der Waals surface area (Å²) in [6.07, 6.45) is 2.23. The number of hydrogen-bond acceptors (Lipinski definition) is 5. The first-order chi connectivity index (χ1) is 8.69. The van der Waals surface area contributed by atoms with Gasteiger partial charge in [0.05, 0.1) is 11.8 Å². The molecule has 0 aromatic heterocycles. The number of sulfone groups is 1. The largest absolute Gasteiger partial charge is 0.352 e. The van der Waals surface area contributed by atoms with Gasteiger partial charge in [-0.05, 0) is 32.4 Å². The fraction of sp³-hybridized carbons (Fsp3) is 0.917. The molecule has 1 fully saturated rings. The molecule has 1 saturated heterocycles. The lowest BCUT2D eigenvalue weighted by atomic mass is 9.94. The number of piperidine rings is 1. The van der Waals surface area contributed by atoms with Crippen LogP contribution in [0.4, 0.5) is 0 Å². The van der Waals surface area contributed by atoms with Crippen LogP contribution < -0.4 is 11.1 Å². The summed E-state index contributed by atoms with van der Waals surface area (Å²) in [4.78, 5) is 14.1. The number of likely N-dealkylation sites (tertiary alicyclic amines) is 1. The Kier molecular flexibility index (Phi) is 5.76. The van der Waals surface area contributed by atoms with Gasteiger partial charge in [0.25, 0.3) is 0 Å². The lowest BCUT2D eigenvalue weighted by Gasteiger charge is -2.35. The highest BCUT2D eigenvalue weighted by atomic mass is 32.2. The lowest BCUT2D eigenvalue weighted by Crippen LogP contribution is -2.53. The van der Waals surface area contributed by atoms with Crippen LogP contribution in [0.15, 0.2) is 0 Å². The molecule has 3 atom stereocenters. The van der Waals surface area contributed by atoms with Crippen molar-refractivity contribution in [2.75, 3.05) is 32.1 Å². The molecule has 0 radical (unpaired) electrons. The van der Waals surface area contributed by atoms with Crippen molar-refractivity contribution in [1.82, 2.24) is 10.2 Å². The van der Waals surface area contributed by atoms with E-state index in [1.165, 1.54) is 0 Å². The molecule has 112 valence electrons. The maximum absolute atomic E-state index is 11.9. The molecule has 1 rings (SSSR count). The Hall–Kier alpha value is -0.660. The topological polar surface area (TPSA) is 92.5 Å². The molecule has 19 heavy (non-hydrogen) atoms. The molecule has 0 bridgehead atoms. The van der Waals surface area contributed by atoms with Crippen LogP contribution in [0.25, 0.3) is 0 Å². The van der Waals surface area contributed by atoms with Crippen molar-refractivity contribution < 1.29 is 13.2 Å². The Bertz CT molecular complexity index is 410. The molecule has 1 amide bonds. The van der Waals surface area contributed by atoms with Crippen LogP contribution in [0.1, 0.15) is 19.8 Å². The summed E-state index contributed by atoms with van der Waals surface area (Å²) in [6.45, 7) is 4.00. The zero-order valence-electron chi connectivity index (χ0n) is 11.9. The molecule has 0 aliphatic carbocycles. The van der Waals surface area contributed by atoms with E-state index in [9.17, 15) is 13.2 Å². The van der Waals surface area contributed by atoms with E-state index in [1.54, 1.807) is 0 Å². The SMILES string of the molecule is CC1CN(C)CCC1NC(=O)C(N)CCS(C)(=O)=O. The second-order valence-electron chi connectivity index (χ2n) is 5.67. The zero-order valence-corrected chi connectivity index (χ0v) is 12.7. The summed E-state index contributed by atoms with van der Waals surface area (Å²) in [7, 11) is -1.01. The van der Waals surface area contributed by atoms with Gasteiger partial charge >= 0.3 is 0 Å². The minimum absolute atomic E-state index is 0.0510. The highest BCUT2D eigenvalue weighted by Crippen LogP contribution is 2.15. The fourth-order valence-corrected chi connectivity index (χ4v) is 3.01. The third kappa shape index (κ3) is 5.88. The van der Waals surface area contributed by atoms with E-state index in [0.717, 1.165) is 25.8 Å². The van der Waals surface area contributed by atoms with Crippen molar-refractivity contribution >= 4 is 15.7 Å². The average molecular weight is 291 g/mol. The molecule has 7 heteroatoms. The summed E-state index contributed by atoms with van der Waals surface area (Å²) in [5.41, 5.74) is 5.73. The molecule has 3 unspecified atom stereocenters. The fourth-order valence-electron chi connectivity index (χ4n) is 2.33. The van der Waals surface area contributed by atoms with Crippen molar-refractivity contribution in [3.8, 4) is 0 Å². The van der Waals surface area contributed by atoms with Crippen LogP contribution in [-0.2, 0) is 14.6 Å². The van der Waals surface area contributed by atoms with E-state index in [4.69, 9.17) is 5.73 Å². The van der Waals surface area contributed by atoms with Gasteiger partial charge in [0.1, 0.15) is 9.84 Å². The van der Waals surface area contributed by atoms with Gasteiger partial charge in [-0.1, -0.05) is 6.92 Å². The minimum atomic E-state index is -3.07. The van der Waals surface area contributed by atoms with Gasteiger partial charge in [-0.25, -0.2) is 8.42 Å². The van der Waals surface area contributed by atoms with Gasteiger partial charge in [-0.15, -0.1) is 0 Å². The summed E-state index contributed by atoms with van der Waals surface area (Å²) in [5.74, 6) is 0.0831. The molecule has 1 aliphatic heterocycles. The molecule has 0 saturated carbocycles. The first kappa shape index (κ1) is 16.4. The zero-order chi connectivity index (χ0) is 14.6. The number of nitrogens with two attached hydrogens (primary N) is 1. The Morgan fingerprint density at radius 3 is 2.68 bits per heavy atom. The number of amides is 1. The van der Waals surface area contributed by atoms with Crippen molar-refractivity contribution in [3.05, 3.63) is 0 Å². The van der Waals surface area contributed by atoms with Gasteiger partial charge in [0.15, 0.2) is 0 Å². The van der Waals surface area contributed by atoms with Crippen molar-refractivity contribution in [2.24, 2.45) is 11.7 Å². The van der Waals surface area contributed by atoms with Crippen LogP contribution in [0.2, 0.25) is 0 Å². The number of nitrogens with one attached hydrogen (secondary N) is 1. The molecule has 0 spiro atoms. The Morgan fingerprint density at radius 1 is 1.53 bits per heavy atom. The monoisotopic (exact) mass is 291 g/mol. The van der Waals surface area contributed by atoms with E-state index in [1.807, 2.05) is 0 Å². The smallest absolute Gasteiger partial charge is 0.237 e. The first-order valence-electron chi connectivity index (χ1n) is 6.61.